The van der Waals surface area contributed by atoms with Crippen molar-refractivity contribution in [3.05, 3.63) is 59.4 Å². The molecule has 9 nitrogen and oxygen atoms in total. The number of nitrogens with one attached hydrogen (secondary N) is 1. The highest BCUT2D eigenvalue weighted by Crippen LogP contribution is 2.34. The number of hydrogen-bond acceptors (Lipinski definition) is 6. The zero-order chi connectivity index (χ0) is 22.7. The highest BCUT2D eigenvalue weighted by molar-refractivity contribution is 6.39. The maximum atomic E-state index is 13.6. The van der Waals surface area contributed by atoms with Gasteiger partial charge in [0, 0.05) is 5.56 Å². The largest absolute Gasteiger partial charge is 0.493 e. The number of benzene rings is 2. The first-order chi connectivity index (χ1) is 14.7. The topological polar surface area (TPSA) is 122 Å². The van der Waals surface area contributed by atoms with Crippen molar-refractivity contribution in [2.24, 2.45) is 0 Å². The predicted octanol–water partition coefficient (Wildman–Crippen LogP) is 2.35. The van der Waals surface area contributed by atoms with E-state index in [2.05, 4.69) is 0 Å². The lowest BCUT2D eigenvalue weighted by molar-refractivity contribution is -0.144. The van der Waals surface area contributed by atoms with E-state index in [4.69, 9.17) is 14.6 Å². The molecule has 2 N–H and O–H groups in total. The molecule has 31 heavy (non-hydrogen) atoms. The molecule has 3 rings (SSSR count). The van der Waals surface area contributed by atoms with Crippen LogP contribution in [0.25, 0.3) is 6.08 Å². The number of urea groups is 1. The molecule has 0 aliphatic carbocycles. The predicted molar refractivity (Wildman–Crippen MR) is 106 cm³/mol. The zero-order valence-corrected chi connectivity index (χ0v) is 16.4. The number of ether oxygens (including phenoxy) is 2. The molecule has 1 atom stereocenters. The maximum Gasteiger partial charge on any atom is 0.344 e. The molecule has 0 bridgehead atoms. The van der Waals surface area contributed by atoms with Crippen LogP contribution in [0.2, 0.25) is 0 Å². The van der Waals surface area contributed by atoms with Gasteiger partial charge in [-0.1, -0.05) is 18.2 Å². The Labute approximate surface area is 175 Å². The van der Waals surface area contributed by atoms with Gasteiger partial charge in [-0.3, -0.25) is 14.9 Å². The minimum absolute atomic E-state index is 0.0118. The number of barbiturate groups is 1. The average Bonchev–Trinajstić information content (AvgIpc) is 2.71. The van der Waals surface area contributed by atoms with E-state index in [0.717, 1.165) is 18.2 Å². The molecule has 0 spiro atoms. The second-order valence-electron chi connectivity index (χ2n) is 6.41. The lowest BCUT2D eigenvalue weighted by Gasteiger charge is -2.26. The number of aliphatic carboxylic acids is 1. The van der Waals surface area contributed by atoms with Gasteiger partial charge in [-0.2, -0.15) is 0 Å². The molecule has 0 saturated carbocycles. The molecule has 0 radical (unpaired) electrons. The first-order valence-electron chi connectivity index (χ1n) is 8.96. The van der Waals surface area contributed by atoms with Crippen molar-refractivity contribution in [3.63, 3.8) is 0 Å². The normalized spacial score (nSPS) is 16.2. The maximum absolute atomic E-state index is 13.6. The van der Waals surface area contributed by atoms with Crippen LogP contribution in [0.5, 0.6) is 11.5 Å². The van der Waals surface area contributed by atoms with E-state index in [1.807, 2.05) is 5.32 Å². The number of para-hydroxylation sites is 1. The Morgan fingerprint density at radius 1 is 1.19 bits per heavy atom. The summed E-state index contributed by atoms with van der Waals surface area (Å²) in [6, 6.07) is 8.26. The molecule has 0 unspecified atom stereocenters. The van der Waals surface area contributed by atoms with Gasteiger partial charge in [0.05, 0.1) is 12.8 Å². The molecule has 2 aromatic rings. The Bertz CT molecular complexity index is 1110. The van der Waals surface area contributed by atoms with Crippen LogP contribution in [0, 0.1) is 5.82 Å². The van der Waals surface area contributed by atoms with Gasteiger partial charge in [-0.15, -0.1) is 0 Å². The molecule has 2 aromatic carbocycles. The van der Waals surface area contributed by atoms with Gasteiger partial charge in [0.15, 0.2) is 17.6 Å². The van der Waals surface area contributed by atoms with E-state index in [1.54, 1.807) is 6.07 Å². The Kier molecular flexibility index (Phi) is 6.00. The van der Waals surface area contributed by atoms with Gasteiger partial charge in [0.1, 0.15) is 11.4 Å². The summed E-state index contributed by atoms with van der Waals surface area (Å²) >= 11 is 0. The zero-order valence-electron chi connectivity index (χ0n) is 16.4. The monoisotopic (exact) mass is 428 g/mol. The fourth-order valence-corrected chi connectivity index (χ4v) is 2.82. The summed E-state index contributed by atoms with van der Waals surface area (Å²) in [6.45, 7) is 1.30. The fraction of sp³-hybridized carbons (Fsp3) is 0.143. The molecule has 160 valence electrons. The first-order valence-corrected chi connectivity index (χ1v) is 8.96. The Balaban J connectivity index is 2.08. The minimum atomic E-state index is -1.25. The highest BCUT2D eigenvalue weighted by Gasteiger charge is 2.37. The number of carbonyl (C=O) groups excluding carboxylic acids is 3. The number of amides is 4. The van der Waals surface area contributed by atoms with Crippen molar-refractivity contribution in [2.75, 3.05) is 12.0 Å². The van der Waals surface area contributed by atoms with Crippen LogP contribution in [0.4, 0.5) is 14.9 Å². The molecule has 1 aliphatic rings. The van der Waals surface area contributed by atoms with Gasteiger partial charge in [-0.25, -0.2) is 18.9 Å². The van der Waals surface area contributed by atoms with Crippen LogP contribution in [-0.4, -0.2) is 42.1 Å². The molecular formula is C21H17FN2O7. The van der Waals surface area contributed by atoms with Gasteiger partial charge < -0.3 is 14.6 Å². The molecule has 1 saturated heterocycles. The number of carboxylic acid groups (broad SMARTS) is 1. The van der Waals surface area contributed by atoms with Crippen molar-refractivity contribution in [2.45, 2.75) is 13.0 Å². The van der Waals surface area contributed by atoms with Gasteiger partial charge in [-0.05, 0) is 37.3 Å². The third-order valence-electron chi connectivity index (χ3n) is 4.34. The van der Waals surface area contributed by atoms with E-state index < -0.39 is 41.3 Å². The van der Waals surface area contributed by atoms with Gasteiger partial charge in [0.25, 0.3) is 11.8 Å². The SMILES string of the molecule is COc1cccc(/C=C2\C(=O)NC(=O)N(c3cccc(F)c3)C2=O)c1O[C@@H](C)C(=O)O. The number of anilines is 1. The van der Waals surface area contributed by atoms with E-state index in [0.29, 0.717) is 4.90 Å². The third-order valence-corrected chi connectivity index (χ3v) is 4.34. The van der Waals surface area contributed by atoms with E-state index in [9.17, 15) is 23.6 Å². The Morgan fingerprint density at radius 2 is 1.90 bits per heavy atom. The van der Waals surface area contributed by atoms with E-state index >= 15 is 0 Å². The fourth-order valence-electron chi connectivity index (χ4n) is 2.82. The van der Waals surface area contributed by atoms with Crippen LogP contribution in [0.1, 0.15) is 12.5 Å². The van der Waals surface area contributed by atoms with Crippen molar-refractivity contribution < 1.29 is 38.1 Å². The number of halogens is 1. The summed E-state index contributed by atoms with van der Waals surface area (Å²) < 4.78 is 24.2. The number of carbonyl (C=O) groups is 4. The number of carboxylic acids is 1. The van der Waals surface area contributed by atoms with Crippen molar-refractivity contribution in [3.8, 4) is 11.5 Å². The lowest BCUT2D eigenvalue weighted by Crippen LogP contribution is -2.54. The van der Waals surface area contributed by atoms with Crippen molar-refractivity contribution >= 4 is 35.6 Å². The average molecular weight is 428 g/mol. The molecule has 0 aromatic heterocycles. The molecule has 10 heteroatoms. The first kappa shape index (κ1) is 21.5. The molecule has 1 heterocycles. The summed E-state index contributed by atoms with van der Waals surface area (Å²) in [5.74, 6) is -3.71. The Morgan fingerprint density at radius 3 is 2.55 bits per heavy atom. The summed E-state index contributed by atoms with van der Waals surface area (Å²) in [7, 11) is 1.34. The number of methoxy groups -OCH3 is 1. The second kappa shape index (κ2) is 8.66. The molecule has 1 aliphatic heterocycles. The standard InChI is InChI=1S/C21H17FN2O7/c1-11(20(27)28)31-17-12(5-3-8-16(17)30-2)9-15-18(25)23-21(29)24(19(15)26)14-7-4-6-13(22)10-14/h3-11H,1-2H3,(H,27,28)(H,23,25,29)/b15-9+/t11-/m0/s1. The molecule has 4 amide bonds. The second-order valence-corrected chi connectivity index (χ2v) is 6.41. The number of hydrogen-bond donors (Lipinski definition) is 2. The number of imide groups is 2. The van der Waals surface area contributed by atoms with Gasteiger partial charge in [0.2, 0.25) is 0 Å². The summed E-state index contributed by atoms with van der Waals surface area (Å²) in [5.41, 5.74) is -0.341. The minimum Gasteiger partial charge on any atom is -0.493 e. The molecule has 1 fully saturated rings. The van der Waals surface area contributed by atoms with Crippen molar-refractivity contribution in [1.82, 2.24) is 5.32 Å². The summed E-state index contributed by atoms with van der Waals surface area (Å²) in [6.07, 6.45) is -0.113. The Hall–Kier alpha value is -4.21. The smallest absolute Gasteiger partial charge is 0.344 e. The highest BCUT2D eigenvalue weighted by atomic mass is 19.1. The van der Waals surface area contributed by atoms with Crippen LogP contribution in [-0.2, 0) is 14.4 Å². The van der Waals surface area contributed by atoms with Crippen LogP contribution >= 0.6 is 0 Å². The van der Waals surface area contributed by atoms with Crippen LogP contribution in [0.15, 0.2) is 48.0 Å². The van der Waals surface area contributed by atoms with Crippen molar-refractivity contribution in [1.29, 1.82) is 0 Å². The number of rotatable bonds is 6. The molecular weight excluding hydrogens is 411 g/mol. The van der Waals surface area contributed by atoms with Crippen LogP contribution in [0.3, 0.4) is 0 Å². The van der Waals surface area contributed by atoms with E-state index in [-0.39, 0.29) is 22.7 Å². The quantitative estimate of drug-likeness (QED) is 0.535. The third kappa shape index (κ3) is 4.37. The van der Waals surface area contributed by atoms with Gasteiger partial charge >= 0.3 is 12.0 Å². The lowest BCUT2D eigenvalue weighted by atomic mass is 10.1. The summed E-state index contributed by atoms with van der Waals surface area (Å²) in [5, 5.41) is 11.2. The number of nitrogens with zero attached hydrogens (tertiary/aromatic N) is 1. The van der Waals surface area contributed by atoms with E-state index in [1.165, 1.54) is 38.3 Å². The summed E-state index contributed by atoms with van der Waals surface area (Å²) in [4.78, 5) is 49.4. The van der Waals surface area contributed by atoms with Crippen LogP contribution < -0.4 is 19.7 Å².